The third-order valence-electron chi connectivity index (χ3n) is 4.34. The van der Waals surface area contributed by atoms with Crippen molar-refractivity contribution in [2.24, 2.45) is 5.92 Å². The number of hydrogen-bond donors (Lipinski definition) is 1. The predicted molar refractivity (Wildman–Crippen MR) is 95.2 cm³/mol. The second kappa shape index (κ2) is 8.58. The van der Waals surface area contributed by atoms with Gasteiger partial charge < -0.3 is 14.7 Å². The normalized spacial score (nSPS) is 15.3. The summed E-state index contributed by atoms with van der Waals surface area (Å²) >= 11 is 5.79. The minimum atomic E-state index is -0.828. The summed E-state index contributed by atoms with van der Waals surface area (Å²) in [5, 5.41) is 10.4. The number of carbonyl (C=O) groups is 1. The van der Waals surface area contributed by atoms with Crippen molar-refractivity contribution in [3.8, 4) is 0 Å². The first-order chi connectivity index (χ1) is 12.5. The number of nitrogens with zero attached hydrogens (tertiary/aromatic N) is 2. The van der Waals surface area contributed by atoms with Crippen LogP contribution >= 0.6 is 11.6 Å². The molecule has 1 aromatic carbocycles. The standard InChI is InChI=1S/C19H20ClFN2O3/c20-16-6-13(3-4-17(16)21)7-19(25)23(9-14-11-26-12-14)10-18(24)15-2-1-5-22-8-15/h1-6,8,14,18,24H,7,9-12H2. The van der Waals surface area contributed by atoms with E-state index in [4.69, 9.17) is 16.3 Å². The van der Waals surface area contributed by atoms with Crippen LogP contribution < -0.4 is 0 Å². The van der Waals surface area contributed by atoms with Gasteiger partial charge in [0, 0.05) is 30.4 Å². The van der Waals surface area contributed by atoms with Crippen LogP contribution in [0.25, 0.3) is 0 Å². The SMILES string of the molecule is O=C(Cc1ccc(F)c(Cl)c1)N(CC1COC1)CC(O)c1cccnc1. The number of pyridine rings is 1. The van der Waals surface area contributed by atoms with Crippen molar-refractivity contribution in [2.75, 3.05) is 26.3 Å². The molecule has 0 spiro atoms. The Hall–Kier alpha value is -2.02. The largest absolute Gasteiger partial charge is 0.386 e. The molecule has 1 aliphatic heterocycles. The van der Waals surface area contributed by atoms with Crippen LogP contribution in [-0.2, 0) is 16.0 Å². The van der Waals surface area contributed by atoms with Crippen LogP contribution in [0.4, 0.5) is 4.39 Å². The molecule has 7 heteroatoms. The number of ether oxygens (including phenoxy) is 1. The van der Waals surface area contributed by atoms with E-state index >= 15 is 0 Å². The fraction of sp³-hybridized carbons (Fsp3) is 0.368. The van der Waals surface area contributed by atoms with Gasteiger partial charge in [-0.25, -0.2) is 4.39 Å². The van der Waals surface area contributed by atoms with Crippen LogP contribution in [0.3, 0.4) is 0 Å². The Morgan fingerprint density at radius 3 is 2.85 bits per heavy atom. The molecule has 0 bridgehead atoms. The van der Waals surface area contributed by atoms with Crippen molar-refractivity contribution in [2.45, 2.75) is 12.5 Å². The van der Waals surface area contributed by atoms with Gasteiger partial charge in [0.05, 0.1) is 37.3 Å². The summed E-state index contributed by atoms with van der Waals surface area (Å²) < 4.78 is 18.5. The summed E-state index contributed by atoms with van der Waals surface area (Å²) in [4.78, 5) is 18.4. The van der Waals surface area contributed by atoms with Crippen LogP contribution in [0.2, 0.25) is 5.02 Å². The molecule has 26 heavy (non-hydrogen) atoms. The van der Waals surface area contributed by atoms with Gasteiger partial charge in [-0.1, -0.05) is 23.7 Å². The van der Waals surface area contributed by atoms with Crippen molar-refractivity contribution < 1.29 is 19.0 Å². The van der Waals surface area contributed by atoms with E-state index in [1.165, 1.54) is 12.1 Å². The molecular formula is C19H20ClFN2O3. The molecule has 138 valence electrons. The monoisotopic (exact) mass is 378 g/mol. The van der Waals surface area contributed by atoms with E-state index in [1.54, 1.807) is 35.5 Å². The molecule has 1 N–H and O–H groups in total. The lowest BCUT2D eigenvalue weighted by atomic mass is 10.0. The van der Waals surface area contributed by atoms with Crippen LogP contribution in [-0.4, -0.2) is 47.2 Å². The van der Waals surface area contributed by atoms with Crippen LogP contribution in [0.15, 0.2) is 42.7 Å². The number of amides is 1. The van der Waals surface area contributed by atoms with Crippen molar-refractivity contribution in [1.29, 1.82) is 0 Å². The van der Waals surface area contributed by atoms with E-state index in [1.807, 2.05) is 0 Å². The molecule has 2 aromatic rings. The molecule has 1 amide bonds. The highest BCUT2D eigenvalue weighted by atomic mass is 35.5. The Morgan fingerprint density at radius 1 is 1.42 bits per heavy atom. The molecule has 1 atom stereocenters. The Morgan fingerprint density at radius 2 is 2.23 bits per heavy atom. The lowest BCUT2D eigenvalue weighted by Gasteiger charge is -2.33. The third kappa shape index (κ3) is 4.78. The topological polar surface area (TPSA) is 62.7 Å². The Labute approximate surface area is 156 Å². The Kier molecular flexibility index (Phi) is 6.19. The van der Waals surface area contributed by atoms with E-state index in [2.05, 4.69) is 4.98 Å². The predicted octanol–water partition coefficient (Wildman–Crippen LogP) is 2.63. The number of aliphatic hydroxyl groups is 1. The number of hydrogen-bond acceptors (Lipinski definition) is 4. The number of carbonyl (C=O) groups excluding carboxylic acids is 1. The lowest BCUT2D eigenvalue weighted by molar-refractivity contribution is -0.135. The van der Waals surface area contributed by atoms with Gasteiger partial charge in [0.1, 0.15) is 5.82 Å². The lowest BCUT2D eigenvalue weighted by Crippen LogP contribution is -2.44. The van der Waals surface area contributed by atoms with E-state index in [0.29, 0.717) is 30.9 Å². The summed E-state index contributed by atoms with van der Waals surface area (Å²) in [5.41, 5.74) is 1.28. The highest BCUT2D eigenvalue weighted by molar-refractivity contribution is 6.30. The first-order valence-electron chi connectivity index (χ1n) is 8.40. The van der Waals surface area contributed by atoms with Gasteiger partial charge in [0.2, 0.25) is 5.91 Å². The number of halogens is 2. The molecule has 1 unspecified atom stereocenters. The van der Waals surface area contributed by atoms with Gasteiger partial charge in [-0.15, -0.1) is 0 Å². The highest BCUT2D eigenvalue weighted by Crippen LogP contribution is 2.20. The summed E-state index contributed by atoms with van der Waals surface area (Å²) in [6.45, 7) is 1.88. The Balaban J connectivity index is 1.69. The maximum Gasteiger partial charge on any atom is 0.227 e. The molecule has 1 aromatic heterocycles. The number of aromatic nitrogens is 1. The van der Waals surface area contributed by atoms with Crippen LogP contribution in [0.1, 0.15) is 17.2 Å². The maximum absolute atomic E-state index is 13.3. The molecule has 1 saturated heterocycles. The van der Waals surface area contributed by atoms with Gasteiger partial charge in [0.15, 0.2) is 0 Å². The second-order valence-electron chi connectivity index (χ2n) is 6.43. The minimum Gasteiger partial charge on any atom is -0.386 e. The van der Waals surface area contributed by atoms with Crippen molar-refractivity contribution in [3.63, 3.8) is 0 Å². The van der Waals surface area contributed by atoms with Gasteiger partial charge in [-0.3, -0.25) is 9.78 Å². The van der Waals surface area contributed by atoms with E-state index in [9.17, 15) is 14.3 Å². The van der Waals surface area contributed by atoms with Crippen molar-refractivity contribution in [1.82, 2.24) is 9.88 Å². The molecule has 2 heterocycles. The molecule has 5 nitrogen and oxygen atoms in total. The van der Waals surface area contributed by atoms with Gasteiger partial charge >= 0.3 is 0 Å². The van der Waals surface area contributed by atoms with Gasteiger partial charge in [0.25, 0.3) is 0 Å². The smallest absolute Gasteiger partial charge is 0.227 e. The van der Waals surface area contributed by atoms with Crippen LogP contribution in [0, 0.1) is 11.7 Å². The number of benzene rings is 1. The zero-order chi connectivity index (χ0) is 18.5. The van der Waals surface area contributed by atoms with E-state index < -0.39 is 11.9 Å². The molecular weight excluding hydrogens is 359 g/mol. The van der Waals surface area contributed by atoms with Gasteiger partial charge in [-0.2, -0.15) is 0 Å². The molecule has 1 aliphatic rings. The Bertz CT molecular complexity index is 756. The maximum atomic E-state index is 13.3. The molecule has 0 saturated carbocycles. The molecule has 1 fully saturated rings. The average Bonchev–Trinajstić information content (AvgIpc) is 2.60. The molecule has 0 aliphatic carbocycles. The van der Waals surface area contributed by atoms with Crippen molar-refractivity contribution >= 4 is 17.5 Å². The van der Waals surface area contributed by atoms with E-state index in [0.717, 1.165) is 0 Å². The highest BCUT2D eigenvalue weighted by Gasteiger charge is 2.26. The number of rotatable bonds is 7. The van der Waals surface area contributed by atoms with E-state index in [-0.39, 0.29) is 29.8 Å². The summed E-state index contributed by atoms with van der Waals surface area (Å²) in [7, 11) is 0. The van der Waals surface area contributed by atoms with Crippen LogP contribution in [0.5, 0.6) is 0 Å². The van der Waals surface area contributed by atoms with Gasteiger partial charge in [-0.05, 0) is 23.8 Å². The fourth-order valence-electron chi connectivity index (χ4n) is 2.80. The van der Waals surface area contributed by atoms with Crippen molar-refractivity contribution in [3.05, 3.63) is 64.7 Å². The summed E-state index contributed by atoms with van der Waals surface area (Å²) in [6, 6.07) is 7.76. The quantitative estimate of drug-likeness (QED) is 0.804. The third-order valence-corrected chi connectivity index (χ3v) is 4.63. The molecule has 3 rings (SSSR count). The summed E-state index contributed by atoms with van der Waals surface area (Å²) in [5.74, 6) is -0.405. The fourth-order valence-corrected chi connectivity index (χ4v) is 3.01. The number of aliphatic hydroxyl groups excluding tert-OH is 1. The minimum absolute atomic E-state index is 0.00959. The first kappa shape index (κ1) is 18.8. The zero-order valence-corrected chi connectivity index (χ0v) is 14.9. The molecule has 0 radical (unpaired) electrons. The first-order valence-corrected chi connectivity index (χ1v) is 8.78. The summed E-state index contributed by atoms with van der Waals surface area (Å²) in [6.07, 6.45) is 2.47. The second-order valence-corrected chi connectivity index (χ2v) is 6.84. The average molecular weight is 379 g/mol. The zero-order valence-electron chi connectivity index (χ0n) is 14.1.